The molecule has 0 unspecified atom stereocenters. The number of rotatable bonds is 2. The third-order valence-corrected chi connectivity index (χ3v) is 2.67. The second-order valence-electron chi connectivity index (χ2n) is 2.94. The first-order valence-corrected chi connectivity index (χ1v) is 5.21. The zero-order valence-corrected chi connectivity index (χ0v) is 9.95. The third kappa shape index (κ3) is 3.39. The van der Waals surface area contributed by atoms with Gasteiger partial charge in [0.25, 0.3) is 0 Å². The van der Waals surface area contributed by atoms with E-state index < -0.39 is 0 Å². The second-order valence-corrected chi connectivity index (χ2v) is 4.16. The highest BCUT2D eigenvalue weighted by atomic mass is 32.1. The van der Waals surface area contributed by atoms with Gasteiger partial charge in [-0.25, -0.2) is 0 Å². The molecular weight excluding hydrogens is 216 g/mol. The first-order chi connectivity index (χ1) is 6.59. The Bertz CT molecular complexity index is 343. The van der Waals surface area contributed by atoms with Gasteiger partial charge < -0.3 is 4.90 Å². The molecule has 14 heavy (non-hydrogen) atoms. The predicted octanol–water partition coefficient (Wildman–Crippen LogP) is 1.22. The summed E-state index contributed by atoms with van der Waals surface area (Å²) in [6.07, 6.45) is 1.71. The van der Waals surface area contributed by atoms with Crippen molar-refractivity contribution >= 4 is 35.1 Å². The van der Waals surface area contributed by atoms with Crippen molar-refractivity contribution in [3.63, 3.8) is 0 Å². The van der Waals surface area contributed by atoms with E-state index in [1.807, 2.05) is 27.1 Å². The van der Waals surface area contributed by atoms with Crippen LogP contribution in [0.5, 0.6) is 0 Å². The van der Waals surface area contributed by atoms with Crippen LogP contribution in [0.1, 0.15) is 10.6 Å². The maximum atomic E-state index is 4.99. The lowest BCUT2D eigenvalue weighted by Gasteiger charge is -2.11. The molecule has 76 valence electrons. The second kappa shape index (κ2) is 5.02. The third-order valence-electron chi connectivity index (χ3n) is 1.40. The molecule has 0 fully saturated rings. The van der Waals surface area contributed by atoms with E-state index in [-0.39, 0.29) is 0 Å². The molecule has 1 N–H and O–H groups in total. The van der Waals surface area contributed by atoms with Crippen molar-refractivity contribution in [1.82, 2.24) is 14.7 Å². The summed E-state index contributed by atoms with van der Waals surface area (Å²) in [6.45, 7) is 1.95. The molecule has 4 nitrogen and oxygen atoms in total. The molecule has 0 saturated heterocycles. The average Bonchev–Trinajstić information content (AvgIpc) is 2.51. The first-order valence-electron chi connectivity index (χ1n) is 4.03. The summed E-state index contributed by atoms with van der Waals surface area (Å²) < 4.78 is 4.13. The number of aryl methyl sites for hydroxylation is 1. The Labute approximate surface area is 92.8 Å². The van der Waals surface area contributed by atoms with Crippen molar-refractivity contribution in [3.8, 4) is 0 Å². The lowest BCUT2D eigenvalue weighted by atomic mass is 10.4. The van der Waals surface area contributed by atoms with Crippen molar-refractivity contribution < 1.29 is 0 Å². The lowest BCUT2D eigenvalue weighted by Crippen LogP contribution is -2.30. The maximum absolute atomic E-state index is 4.99. The molecule has 0 aliphatic rings. The zero-order chi connectivity index (χ0) is 10.6. The Balaban J connectivity index is 2.45. The summed E-state index contributed by atoms with van der Waals surface area (Å²) in [6, 6.07) is 1.97. The van der Waals surface area contributed by atoms with Crippen LogP contribution in [0.4, 0.5) is 0 Å². The van der Waals surface area contributed by atoms with Crippen LogP contribution in [0.15, 0.2) is 11.2 Å². The molecule has 0 aliphatic heterocycles. The largest absolute Gasteiger partial charge is 0.354 e. The molecule has 0 aromatic carbocycles. The Morgan fingerprint density at radius 3 is 2.93 bits per heavy atom. The maximum Gasteiger partial charge on any atom is 0.189 e. The monoisotopic (exact) mass is 228 g/mol. The van der Waals surface area contributed by atoms with Gasteiger partial charge in [-0.3, -0.25) is 5.43 Å². The SMILES string of the molecule is Cc1cc(/C=N\NC(=S)N(C)C)sn1. The zero-order valence-electron chi connectivity index (χ0n) is 8.31. The van der Waals surface area contributed by atoms with Crippen LogP contribution in [0.2, 0.25) is 0 Å². The van der Waals surface area contributed by atoms with E-state index in [1.165, 1.54) is 11.5 Å². The normalized spacial score (nSPS) is 10.5. The van der Waals surface area contributed by atoms with Crippen molar-refractivity contribution in [1.29, 1.82) is 0 Å². The summed E-state index contributed by atoms with van der Waals surface area (Å²) in [5.41, 5.74) is 3.75. The average molecular weight is 228 g/mol. The van der Waals surface area contributed by atoms with Gasteiger partial charge in [0, 0.05) is 14.1 Å². The van der Waals surface area contributed by atoms with Crippen LogP contribution in [0, 0.1) is 6.92 Å². The Morgan fingerprint density at radius 1 is 1.71 bits per heavy atom. The topological polar surface area (TPSA) is 40.5 Å². The van der Waals surface area contributed by atoms with E-state index in [9.17, 15) is 0 Å². The molecule has 0 amide bonds. The number of nitrogens with one attached hydrogen (secondary N) is 1. The van der Waals surface area contributed by atoms with Crippen molar-refractivity contribution in [2.75, 3.05) is 14.1 Å². The summed E-state index contributed by atoms with van der Waals surface area (Å²) >= 11 is 6.40. The van der Waals surface area contributed by atoms with E-state index >= 15 is 0 Å². The van der Waals surface area contributed by atoms with Crippen LogP contribution in [-0.2, 0) is 0 Å². The van der Waals surface area contributed by atoms with Gasteiger partial charge in [0.2, 0.25) is 0 Å². The van der Waals surface area contributed by atoms with Gasteiger partial charge in [-0.1, -0.05) is 0 Å². The highest BCUT2D eigenvalue weighted by Gasteiger charge is 1.95. The fourth-order valence-corrected chi connectivity index (χ4v) is 1.37. The molecule has 0 bridgehead atoms. The molecule has 1 heterocycles. The summed E-state index contributed by atoms with van der Waals surface area (Å²) in [4.78, 5) is 2.79. The standard InChI is InChI=1S/C8H12N4S2/c1-6-4-7(14-11-6)5-9-10-8(13)12(2)3/h4-5H,1-3H3,(H,10,13)/b9-5-. The quantitative estimate of drug-likeness (QED) is 0.469. The van der Waals surface area contributed by atoms with E-state index in [0.29, 0.717) is 5.11 Å². The molecule has 6 heteroatoms. The minimum Gasteiger partial charge on any atom is -0.354 e. The summed E-state index contributed by atoms with van der Waals surface area (Å²) in [5, 5.41) is 4.57. The van der Waals surface area contributed by atoms with E-state index in [2.05, 4.69) is 14.9 Å². The highest BCUT2D eigenvalue weighted by Crippen LogP contribution is 2.05. The van der Waals surface area contributed by atoms with Gasteiger partial charge in [0.1, 0.15) is 0 Å². The highest BCUT2D eigenvalue weighted by molar-refractivity contribution is 7.80. The van der Waals surface area contributed by atoms with E-state index in [1.54, 1.807) is 11.1 Å². The van der Waals surface area contributed by atoms with Crippen LogP contribution in [0.3, 0.4) is 0 Å². The molecule has 0 saturated carbocycles. The van der Waals surface area contributed by atoms with Crippen molar-refractivity contribution in [3.05, 3.63) is 16.6 Å². The number of aromatic nitrogens is 1. The smallest absolute Gasteiger partial charge is 0.189 e. The molecular formula is C8H12N4S2. The lowest BCUT2D eigenvalue weighted by molar-refractivity contribution is 0.606. The number of nitrogens with zero attached hydrogens (tertiary/aromatic N) is 3. The fourth-order valence-electron chi connectivity index (χ4n) is 0.695. The van der Waals surface area contributed by atoms with Gasteiger partial charge in [0.05, 0.1) is 16.8 Å². The number of hydrazone groups is 1. The van der Waals surface area contributed by atoms with Crippen LogP contribution in [0.25, 0.3) is 0 Å². The molecule has 0 atom stereocenters. The predicted molar refractivity (Wildman–Crippen MR) is 63.9 cm³/mol. The minimum absolute atomic E-state index is 0.586. The molecule has 1 rings (SSSR count). The summed E-state index contributed by atoms with van der Waals surface area (Å²) in [5.74, 6) is 0. The van der Waals surface area contributed by atoms with Gasteiger partial charge >= 0.3 is 0 Å². The van der Waals surface area contributed by atoms with Gasteiger partial charge in [-0.05, 0) is 36.7 Å². The molecule has 1 aromatic heterocycles. The van der Waals surface area contributed by atoms with Crippen LogP contribution < -0.4 is 5.43 Å². The van der Waals surface area contributed by atoms with E-state index in [0.717, 1.165) is 10.6 Å². The number of hydrogen-bond acceptors (Lipinski definition) is 4. The van der Waals surface area contributed by atoms with Gasteiger partial charge in [-0.2, -0.15) is 9.47 Å². The van der Waals surface area contributed by atoms with E-state index in [4.69, 9.17) is 12.2 Å². The van der Waals surface area contributed by atoms with Crippen LogP contribution in [-0.4, -0.2) is 34.7 Å². The molecule has 1 aromatic rings. The Kier molecular flexibility index (Phi) is 3.97. The van der Waals surface area contributed by atoms with Gasteiger partial charge in [0.15, 0.2) is 5.11 Å². The Hall–Kier alpha value is -1.01. The fraction of sp³-hybridized carbons (Fsp3) is 0.375. The van der Waals surface area contributed by atoms with Crippen molar-refractivity contribution in [2.45, 2.75) is 6.92 Å². The molecule has 0 aliphatic carbocycles. The minimum atomic E-state index is 0.586. The molecule has 0 radical (unpaired) electrons. The molecule has 0 spiro atoms. The summed E-state index contributed by atoms with van der Waals surface area (Å²) in [7, 11) is 3.73. The van der Waals surface area contributed by atoms with Crippen molar-refractivity contribution in [2.24, 2.45) is 5.10 Å². The van der Waals surface area contributed by atoms with Gasteiger partial charge in [-0.15, -0.1) is 0 Å². The van der Waals surface area contributed by atoms with Crippen LogP contribution >= 0.6 is 23.8 Å². The first kappa shape index (κ1) is 11.1. The number of thiocarbonyl (C=S) groups is 1. The number of hydrogen-bond donors (Lipinski definition) is 1. The Morgan fingerprint density at radius 2 is 2.43 bits per heavy atom.